The van der Waals surface area contributed by atoms with Crippen LogP contribution in [0.4, 0.5) is 19.4 Å². The van der Waals surface area contributed by atoms with E-state index in [4.69, 9.17) is 14.2 Å². The van der Waals surface area contributed by atoms with E-state index in [0.717, 1.165) is 28.5 Å². The van der Waals surface area contributed by atoms with Crippen molar-refractivity contribution in [1.82, 2.24) is 10.0 Å². The Bertz CT molecular complexity index is 762. The lowest BCUT2D eigenvalue weighted by Gasteiger charge is -2.36. The van der Waals surface area contributed by atoms with Crippen LogP contribution in [0.1, 0.15) is 27.7 Å². The molecule has 0 fully saturated rings. The van der Waals surface area contributed by atoms with E-state index in [-0.39, 0.29) is 30.3 Å². The molecule has 0 aliphatic carbocycles. The van der Waals surface area contributed by atoms with Gasteiger partial charge in [0, 0.05) is 10.4 Å². The summed E-state index contributed by atoms with van der Waals surface area (Å²) in [5, 5.41) is 4.70. The van der Waals surface area contributed by atoms with Gasteiger partial charge in [0.2, 0.25) is 0 Å². The Hall–Kier alpha value is -3.02. The minimum atomic E-state index is -0.811. The summed E-state index contributed by atoms with van der Waals surface area (Å²) in [5.74, 6) is -0.669. The summed E-state index contributed by atoms with van der Waals surface area (Å²) in [6.07, 6.45) is -2.36. The van der Waals surface area contributed by atoms with Gasteiger partial charge in [-0.05, 0) is 6.92 Å². The first kappa shape index (κ1) is 20.3. The second-order valence-corrected chi connectivity index (χ2v) is 6.21. The van der Waals surface area contributed by atoms with Crippen molar-refractivity contribution in [1.29, 1.82) is 0 Å². The number of nitrogens with zero attached hydrogens (tertiary/aromatic N) is 2. The molecule has 0 bridgehead atoms. The number of nitrogens with one attached hydrogen (secondary N) is 1. The van der Waals surface area contributed by atoms with Gasteiger partial charge >= 0.3 is 24.2 Å². The Balaban J connectivity index is 2.52. The topological polar surface area (TPSA) is 124 Å². The molecular weight excluding hydrogens is 382 g/mol. The van der Waals surface area contributed by atoms with Gasteiger partial charge in [0.1, 0.15) is 5.00 Å². The van der Waals surface area contributed by atoms with Crippen LogP contribution < -0.4 is 5.32 Å². The van der Waals surface area contributed by atoms with E-state index in [9.17, 15) is 19.2 Å². The molecule has 2 heterocycles. The molecule has 1 aliphatic heterocycles. The number of fused-ring (bicyclic) bond motifs is 1. The number of methoxy groups -OCH3 is 3. The van der Waals surface area contributed by atoms with Crippen LogP contribution in [0.5, 0.6) is 0 Å². The number of hydrogen-bond acceptors (Lipinski definition) is 9. The zero-order valence-electron chi connectivity index (χ0n) is 15.2. The van der Waals surface area contributed by atoms with Crippen LogP contribution >= 0.6 is 11.3 Å². The largest absolute Gasteiger partial charge is 0.462 e. The standard InChI is InChI=1S/C15H19N3O8S/c1-5-26-12(19)10-8-6-17(14(21)24-3)18(15(22)25-4)7-9(8)27-11(10)16-13(20)23-2/h5-7H2,1-4H3,(H,16,20). The Labute approximate surface area is 158 Å². The molecule has 12 heteroatoms. The van der Waals surface area contributed by atoms with Crippen LogP contribution in [0.3, 0.4) is 0 Å². The maximum Gasteiger partial charge on any atom is 0.429 e. The number of esters is 1. The first-order chi connectivity index (χ1) is 12.9. The fourth-order valence-corrected chi connectivity index (χ4v) is 3.62. The van der Waals surface area contributed by atoms with Crippen molar-refractivity contribution in [3.8, 4) is 0 Å². The third-order valence-corrected chi connectivity index (χ3v) is 4.77. The van der Waals surface area contributed by atoms with Crippen molar-refractivity contribution in [3.05, 3.63) is 16.0 Å². The minimum Gasteiger partial charge on any atom is -0.462 e. The number of carbonyl (C=O) groups is 4. The highest BCUT2D eigenvalue weighted by atomic mass is 32.1. The summed E-state index contributed by atoms with van der Waals surface area (Å²) in [6, 6.07) is 0. The van der Waals surface area contributed by atoms with Gasteiger partial charge < -0.3 is 18.9 Å². The highest BCUT2D eigenvalue weighted by Crippen LogP contribution is 2.39. The average Bonchev–Trinajstić information content (AvgIpc) is 3.02. The molecule has 0 saturated heterocycles. The van der Waals surface area contributed by atoms with Gasteiger partial charge in [-0.1, -0.05) is 0 Å². The van der Waals surface area contributed by atoms with E-state index in [1.54, 1.807) is 6.92 Å². The van der Waals surface area contributed by atoms with E-state index >= 15 is 0 Å². The predicted molar refractivity (Wildman–Crippen MR) is 92.2 cm³/mol. The molecule has 3 amide bonds. The first-order valence-corrected chi connectivity index (χ1v) is 8.57. The van der Waals surface area contributed by atoms with Gasteiger partial charge in [0.05, 0.1) is 46.6 Å². The van der Waals surface area contributed by atoms with Crippen LogP contribution in [0.15, 0.2) is 0 Å². The number of carbonyl (C=O) groups excluding carboxylic acids is 4. The van der Waals surface area contributed by atoms with Crippen molar-refractivity contribution in [2.75, 3.05) is 33.3 Å². The number of hydrogen-bond donors (Lipinski definition) is 1. The number of hydrazine groups is 1. The SMILES string of the molecule is CCOC(=O)c1c(NC(=O)OC)sc2c1CN(C(=O)OC)N(C(=O)OC)C2. The molecule has 0 aromatic carbocycles. The molecule has 2 rings (SSSR count). The fraction of sp³-hybridized carbons (Fsp3) is 0.467. The van der Waals surface area contributed by atoms with Crippen LogP contribution in [-0.2, 0) is 32.0 Å². The maximum atomic E-state index is 12.4. The average molecular weight is 401 g/mol. The molecule has 11 nitrogen and oxygen atoms in total. The molecule has 27 heavy (non-hydrogen) atoms. The Kier molecular flexibility index (Phi) is 6.45. The minimum absolute atomic E-state index is 0.0585. The third-order valence-electron chi connectivity index (χ3n) is 3.63. The van der Waals surface area contributed by atoms with Crippen LogP contribution in [-0.4, -0.2) is 62.2 Å². The summed E-state index contributed by atoms with van der Waals surface area (Å²) in [6.45, 7) is 1.56. The lowest BCUT2D eigenvalue weighted by atomic mass is 10.1. The molecule has 1 aromatic rings. The normalized spacial score (nSPS) is 12.7. The van der Waals surface area contributed by atoms with E-state index in [1.165, 1.54) is 14.2 Å². The lowest BCUT2D eigenvalue weighted by molar-refractivity contribution is -0.0282. The predicted octanol–water partition coefficient (Wildman–Crippen LogP) is 2.17. The van der Waals surface area contributed by atoms with Crippen molar-refractivity contribution in [2.24, 2.45) is 0 Å². The quantitative estimate of drug-likeness (QED) is 0.604. The molecule has 1 aliphatic rings. The zero-order chi connectivity index (χ0) is 20.1. The van der Waals surface area contributed by atoms with Crippen LogP contribution in [0, 0.1) is 0 Å². The molecule has 148 valence electrons. The number of anilines is 1. The molecule has 0 unspecified atom stereocenters. The Morgan fingerprint density at radius 3 is 2.11 bits per heavy atom. The lowest BCUT2D eigenvalue weighted by Crippen LogP contribution is -2.51. The van der Waals surface area contributed by atoms with Crippen molar-refractivity contribution in [3.63, 3.8) is 0 Å². The summed E-state index contributed by atoms with van der Waals surface area (Å²) in [4.78, 5) is 48.8. The zero-order valence-corrected chi connectivity index (χ0v) is 16.0. The summed E-state index contributed by atoms with van der Waals surface area (Å²) < 4.78 is 19.0. The van der Waals surface area contributed by atoms with Crippen molar-refractivity contribution in [2.45, 2.75) is 20.0 Å². The summed E-state index contributed by atoms with van der Waals surface area (Å²) in [5.41, 5.74) is 0.538. The molecule has 1 aromatic heterocycles. The summed E-state index contributed by atoms with van der Waals surface area (Å²) in [7, 11) is 3.53. The highest BCUT2D eigenvalue weighted by Gasteiger charge is 2.38. The maximum absolute atomic E-state index is 12.4. The Morgan fingerprint density at radius 1 is 1.00 bits per heavy atom. The first-order valence-electron chi connectivity index (χ1n) is 7.75. The molecule has 0 saturated carbocycles. The van der Waals surface area contributed by atoms with Gasteiger partial charge in [-0.15, -0.1) is 11.3 Å². The monoisotopic (exact) mass is 401 g/mol. The number of rotatable bonds is 3. The van der Waals surface area contributed by atoms with Crippen LogP contribution in [0.25, 0.3) is 0 Å². The smallest absolute Gasteiger partial charge is 0.429 e. The van der Waals surface area contributed by atoms with Gasteiger partial charge in [-0.3, -0.25) is 5.32 Å². The molecular formula is C15H19N3O8S. The fourth-order valence-electron chi connectivity index (χ4n) is 2.45. The van der Waals surface area contributed by atoms with Crippen molar-refractivity contribution >= 4 is 40.6 Å². The molecule has 0 radical (unpaired) electrons. The van der Waals surface area contributed by atoms with Crippen molar-refractivity contribution < 1.29 is 38.1 Å². The molecule has 0 spiro atoms. The van der Waals surface area contributed by atoms with E-state index in [2.05, 4.69) is 10.1 Å². The molecule has 1 N–H and O–H groups in total. The molecule has 0 atom stereocenters. The van der Waals surface area contributed by atoms with Crippen LogP contribution in [0.2, 0.25) is 0 Å². The van der Waals surface area contributed by atoms with E-state index < -0.39 is 24.2 Å². The number of thiophene rings is 1. The summed E-state index contributed by atoms with van der Waals surface area (Å²) >= 11 is 1.07. The van der Waals surface area contributed by atoms with Gasteiger partial charge in [0.25, 0.3) is 0 Å². The Morgan fingerprint density at radius 2 is 1.59 bits per heavy atom. The van der Waals surface area contributed by atoms with Gasteiger partial charge in [-0.2, -0.15) is 0 Å². The third kappa shape index (κ3) is 4.05. The van der Waals surface area contributed by atoms with E-state index in [0.29, 0.717) is 10.4 Å². The van der Waals surface area contributed by atoms with Gasteiger partial charge in [0.15, 0.2) is 0 Å². The second kappa shape index (κ2) is 8.58. The second-order valence-electron chi connectivity index (χ2n) is 5.10. The number of ether oxygens (including phenoxy) is 4. The van der Waals surface area contributed by atoms with Gasteiger partial charge in [-0.25, -0.2) is 29.2 Å². The number of amides is 3. The highest BCUT2D eigenvalue weighted by molar-refractivity contribution is 7.17. The van der Waals surface area contributed by atoms with E-state index in [1.807, 2.05) is 0 Å².